The fourth-order valence-electron chi connectivity index (χ4n) is 7.45. The first kappa shape index (κ1) is 31.9. The van der Waals surface area contributed by atoms with Gasteiger partial charge in [0.15, 0.2) is 5.78 Å². The Hall–Kier alpha value is -3.46. The van der Waals surface area contributed by atoms with Gasteiger partial charge >= 0.3 is 0 Å². The summed E-state index contributed by atoms with van der Waals surface area (Å²) < 4.78 is 0. The summed E-state index contributed by atoms with van der Waals surface area (Å²) in [6.07, 6.45) is 11.3. The molecule has 2 atom stereocenters. The van der Waals surface area contributed by atoms with Gasteiger partial charge in [-0.25, -0.2) is 4.98 Å². The molecule has 1 aromatic carbocycles. The van der Waals surface area contributed by atoms with E-state index in [0.717, 1.165) is 69.4 Å². The first-order chi connectivity index (χ1) is 21.2. The van der Waals surface area contributed by atoms with Crippen LogP contribution in [0.5, 0.6) is 0 Å². The van der Waals surface area contributed by atoms with Gasteiger partial charge in [-0.05, 0) is 121 Å². The van der Waals surface area contributed by atoms with Crippen LogP contribution in [0.3, 0.4) is 0 Å². The Balaban J connectivity index is 1.19. The van der Waals surface area contributed by atoms with Crippen molar-refractivity contribution in [3.05, 3.63) is 52.7 Å². The number of carbonyl (C=O) groups excluding carboxylic acids is 3. The largest absolute Gasteiger partial charge is 0.382 e. The summed E-state index contributed by atoms with van der Waals surface area (Å²) >= 11 is 0. The second kappa shape index (κ2) is 14.1. The number of primary amides is 1. The highest BCUT2D eigenvalue weighted by molar-refractivity contribution is 6.03. The van der Waals surface area contributed by atoms with Gasteiger partial charge < -0.3 is 26.2 Å². The molecule has 2 bridgehead atoms. The number of aryl methyl sites for hydroxylation is 1. The molecule has 4 N–H and O–H groups in total. The zero-order chi connectivity index (χ0) is 31.4. The van der Waals surface area contributed by atoms with Gasteiger partial charge in [0, 0.05) is 53.6 Å². The number of carbonyl (C=O) groups is 3. The molecule has 0 radical (unpaired) electrons. The van der Waals surface area contributed by atoms with Gasteiger partial charge in [-0.1, -0.05) is 13.8 Å². The molecule has 3 aliphatic heterocycles. The minimum atomic E-state index is -0.504. The first-order valence-electron chi connectivity index (χ1n) is 16.6. The summed E-state index contributed by atoms with van der Waals surface area (Å²) in [5.74, 6) is 1.13. The molecule has 0 spiro atoms. The molecule has 3 saturated heterocycles. The Labute approximate surface area is 262 Å². The lowest BCUT2D eigenvalue weighted by Crippen LogP contribution is -2.50. The third-order valence-electron chi connectivity index (χ3n) is 10.2. The van der Waals surface area contributed by atoms with Gasteiger partial charge in [-0.3, -0.25) is 14.4 Å². The number of hydrogen-bond donors (Lipinski definition) is 3. The Morgan fingerprint density at radius 2 is 1.68 bits per heavy atom. The van der Waals surface area contributed by atoms with Crippen LogP contribution >= 0.6 is 0 Å². The molecule has 44 heavy (non-hydrogen) atoms. The van der Waals surface area contributed by atoms with E-state index < -0.39 is 5.91 Å². The number of Topliss-reactive ketones (excluding diaryl/α,β-unsaturated/α-hetero) is 1. The summed E-state index contributed by atoms with van der Waals surface area (Å²) in [6, 6.07) is 8.30. The number of piperidine rings is 2. The molecule has 9 nitrogen and oxygen atoms in total. The number of amides is 2. The van der Waals surface area contributed by atoms with Gasteiger partial charge in [0.2, 0.25) is 0 Å². The van der Waals surface area contributed by atoms with E-state index in [0.29, 0.717) is 46.8 Å². The average molecular weight is 603 g/mol. The highest BCUT2D eigenvalue weighted by Crippen LogP contribution is 2.39. The molecular weight excluding hydrogens is 552 g/mol. The van der Waals surface area contributed by atoms with Gasteiger partial charge in [-0.2, -0.15) is 0 Å². The van der Waals surface area contributed by atoms with E-state index in [-0.39, 0.29) is 23.8 Å². The van der Waals surface area contributed by atoms with E-state index in [1.54, 1.807) is 18.3 Å². The van der Waals surface area contributed by atoms with E-state index in [4.69, 9.17) is 10.7 Å². The minimum absolute atomic E-state index is 0.0577. The fraction of sp³-hybridized carbons (Fsp3) is 0.600. The molecule has 0 saturated carbocycles. The normalized spacial score (nSPS) is 22.3. The van der Waals surface area contributed by atoms with Crippen molar-refractivity contribution in [2.45, 2.75) is 109 Å². The number of benzene rings is 1. The van der Waals surface area contributed by atoms with Gasteiger partial charge in [0.1, 0.15) is 5.82 Å². The van der Waals surface area contributed by atoms with E-state index in [1.165, 1.54) is 12.8 Å². The standard InChI is InChI=1S/C35H50N6O3/c1-5-25(6-2)38-31-20-29(22(3)17-30(31)34(36)43)35(44)39-26-18-27-9-10-28(19-26)41(27)33-12-8-24(21-37-33)32(42)11-7-23-13-15-40(4)16-14-23/h8,12,17,20-21,23,25-28,38H,5-7,9-11,13-16,18-19H2,1-4H3,(H2,36,43)(H,39,44). The van der Waals surface area contributed by atoms with E-state index >= 15 is 0 Å². The van der Waals surface area contributed by atoms with Crippen LogP contribution in [-0.4, -0.2) is 71.8 Å². The summed E-state index contributed by atoms with van der Waals surface area (Å²) in [6.45, 7) is 8.28. The number of aromatic nitrogens is 1. The highest BCUT2D eigenvalue weighted by atomic mass is 16.2. The number of ketones is 1. The third kappa shape index (κ3) is 7.25. The quantitative estimate of drug-likeness (QED) is 0.281. The van der Waals surface area contributed by atoms with Crippen LogP contribution in [0, 0.1) is 12.8 Å². The molecule has 4 heterocycles. The second-order valence-electron chi connectivity index (χ2n) is 13.3. The molecule has 9 heteroatoms. The van der Waals surface area contributed by atoms with Crippen LogP contribution in [0.15, 0.2) is 30.5 Å². The molecule has 5 rings (SSSR count). The number of nitrogens with one attached hydrogen (secondary N) is 2. The molecule has 1 aromatic heterocycles. The second-order valence-corrected chi connectivity index (χ2v) is 13.3. The topological polar surface area (TPSA) is 121 Å². The van der Waals surface area contributed by atoms with Gasteiger partial charge in [0.05, 0.1) is 5.56 Å². The Morgan fingerprint density at radius 3 is 2.27 bits per heavy atom. The lowest BCUT2D eigenvalue weighted by molar-refractivity contribution is 0.0923. The lowest BCUT2D eigenvalue weighted by Gasteiger charge is -2.40. The first-order valence-corrected chi connectivity index (χ1v) is 16.6. The third-order valence-corrected chi connectivity index (χ3v) is 10.2. The van der Waals surface area contributed by atoms with Crippen LogP contribution in [-0.2, 0) is 0 Å². The molecule has 3 aliphatic rings. The highest BCUT2D eigenvalue weighted by Gasteiger charge is 2.42. The van der Waals surface area contributed by atoms with Crippen LogP contribution in [0.1, 0.15) is 115 Å². The molecule has 238 valence electrons. The summed E-state index contributed by atoms with van der Waals surface area (Å²) in [7, 11) is 2.16. The van der Waals surface area contributed by atoms with E-state index in [2.05, 4.69) is 41.3 Å². The van der Waals surface area contributed by atoms with E-state index in [1.807, 2.05) is 19.1 Å². The van der Waals surface area contributed by atoms with Crippen molar-refractivity contribution in [3.63, 3.8) is 0 Å². The molecule has 2 amide bonds. The molecular formula is C35H50N6O3. The van der Waals surface area contributed by atoms with Crippen molar-refractivity contribution in [1.29, 1.82) is 0 Å². The maximum atomic E-state index is 13.5. The van der Waals surface area contributed by atoms with Crippen LogP contribution in [0.2, 0.25) is 0 Å². The number of rotatable bonds is 12. The van der Waals surface area contributed by atoms with Crippen molar-refractivity contribution in [2.75, 3.05) is 30.4 Å². The maximum Gasteiger partial charge on any atom is 0.251 e. The van der Waals surface area contributed by atoms with Gasteiger partial charge in [-0.15, -0.1) is 0 Å². The number of fused-ring (bicyclic) bond motifs is 2. The zero-order valence-electron chi connectivity index (χ0n) is 26.9. The van der Waals surface area contributed by atoms with Crippen molar-refractivity contribution in [1.82, 2.24) is 15.2 Å². The summed E-state index contributed by atoms with van der Waals surface area (Å²) in [4.78, 5) is 48.1. The summed E-state index contributed by atoms with van der Waals surface area (Å²) in [5.41, 5.74) is 8.71. The van der Waals surface area contributed by atoms with Crippen LogP contribution < -0.4 is 21.3 Å². The number of hydrogen-bond acceptors (Lipinski definition) is 7. The Morgan fingerprint density at radius 1 is 1.00 bits per heavy atom. The van der Waals surface area contributed by atoms with E-state index in [9.17, 15) is 14.4 Å². The number of nitrogens with two attached hydrogens (primary N) is 1. The Kier molecular flexibility index (Phi) is 10.2. The number of likely N-dealkylation sites (tertiary alicyclic amines) is 1. The van der Waals surface area contributed by atoms with Crippen molar-refractivity contribution >= 4 is 29.1 Å². The zero-order valence-corrected chi connectivity index (χ0v) is 26.9. The number of nitrogens with zero attached hydrogens (tertiary/aromatic N) is 3. The summed E-state index contributed by atoms with van der Waals surface area (Å²) in [5, 5.41) is 6.72. The van der Waals surface area contributed by atoms with Crippen molar-refractivity contribution in [3.8, 4) is 0 Å². The molecule has 2 unspecified atom stereocenters. The van der Waals surface area contributed by atoms with Gasteiger partial charge in [0.25, 0.3) is 11.8 Å². The minimum Gasteiger partial charge on any atom is -0.382 e. The predicted molar refractivity (Wildman–Crippen MR) is 175 cm³/mol. The fourth-order valence-corrected chi connectivity index (χ4v) is 7.45. The Bertz CT molecular complexity index is 1320. The smallest absolute Gasteiger partial charge is 0.251 e. The molecule has 2 aromatic rings. The van der Waals surface area contributed by atoms with Crippen LogP contribution in [0.25, 0.3) is 0 Å². The predicted octanol–water partition coefficient (Wildman–Crippen LogP) is 5.32. The molecule has 3 fully saturated rings. The number of pyridine rings is 1. The average Bonchev–Trinajstić information content (AvgIpc) is 3.29. The van der Waals surface area contributed by atoms with Crippen molar-refractivity contribution < 1.29 is 14.4 Å². The number of anilines is 2. The lowest BCUT2D eigenvalue weighted by atomic mass is 9.91. The monoisotopic (exact) mass is 602 g/mol. The maximum absolute atomic E-state index is 13.5. The SMILES string of the molecule is CCC(CC)Nc1cc(C(=O)NC2CC3CCC(C2)N3c2ccc(C(=O)CCC3CCN(C)CC3)cn2)c(C)cc1C(N)=O. The van der Waals surface area contributed by atoms with Crippen LogP contribution in [0.4, 0.5) is 11.5 Å². The van der Waals surface area contributed by atoms with Crippen molar-refractivity contribution in [2.24, 2.45) is 11.7 Å². The molecule has 0 aliphatic carbocycles.